The monoisotopic (exact) mass is 280 g/mol. The number of carbonyl (C=O) groups excluding carboxylic acids is 1. The van der Waals surface area contributed by atoms with Crippen molar-refractivity contribution >= 4 is 11.6 Å². The number of carbonyl (C=O) groups is 1. The fourth-order valence-corrected chi connectivity index (χ4v) is 2.23. The van der Waals surface area contributed by atoms with Gasteiger partial charge in [-0.3, -0.25) is 14.9 Å². The second-order valence-electron chi connectivity index (χ2n) is 4.77. The Kier molecular flexibility index (Phi) is 4.14. The molecule has 2 rings (SSSR count). The van der Waals surface area contributed by atoms with Crippen LogP contribution in [0.3, 0.4) is 0 Å². The van der Waals surface area contributed by atoms with Crippen molar-refractivity contribution in [3.8, 4) is 5.88 Å². The van der Waals surface area contributed by atoms with Crippen molar-refractivity contribution in [3.05, 3.63) is 27.9 Å². The highest BCUT2D eigenvalue weighted by molar-refractivity contribution is 5.95. The summed E-state index contributed by atoms with van der Waals surface area (Å²) in [4.78, 5) is 25.2. The van der Waals surface area contributed by atoms with Gasteiger partial charge in [-0.05, 0) is 19.3 Å². The second kappa shape index (κ2) is 5.83. The molecule has 1 aliphatic rings. The Morgan fingerprint density at radius 1 is 1.45 bits per heavy atom. The van der Waals surface area contributed by atoms with E-state index in [9.17, 15) is 14.9 Å². The molecule has 108 valence electrons. The minimum Gasteiger partial charge on any atom is -0.472 e. The van der Waals surface area contributed by atoms with Crippen LogP contribution in [0, 0.1) is 10.1 Å². The molecule has 1 saturated carbocycles. The van der Waals surface area contributed by atoms with Gasteiger partial charge in [0.2, 0.25) is 5.88 Å². The van der Waals surface area contributed by atoms with Gasteiger partial charge >= 0.3 is 0 Å². The predicted octanol–water partition coefficient (Wildman–Crippen LogP) is 0.737. The van der Waals surface area contributed by atoms with E-state index in [0.29, 0.717) is 0 Å². The van der Waals surface area contributed by atoms with Crippen molar-refractivity contribution in [2.75, 3.05) is 0 Å². The molecule has 1 heterocycles. The summed E-state index contributed by atoms with van der Waals surface area (Å²) in [6.07, 6.45) is 4.41. The van der Waals surface area contributed by atoms with Crippen molar-refractivity contribution < 1.29 is 14.5 Å². The number of amides is 1. The van der Waals surface area contributed by atoms with Crippen molar-refractivity contribution in [3.63, 3.8) is 0 Å². The Balaban J connectivity index is 2.26. The van der Waals surface area contributed by atoms with E-state index < -0.39 is 10.8 Å². The van der Waals surface area contributed by atoms with E-state index in [1.807, 2.05) is 0 Å². The Morgan fingerprint density at radius 2 is 2.15 bits per heavy atom. The second-order valence-corrected chi connectivity index (χ2v) is 4.77. The third kappa shape index (κ3) is 3.02. The fourth-order valence-electron chi connectivity index (χ4n) is 2.23. The summed E-state index contributed by atoms with van der Waals surface area (Å²) >= 11 is 0. The molecule has 0 aliphatic heterocycles. The Labute approximate surface area is 115 Å². The van der Waals surface area contributed by atoms with Gasteiger partial charge in [0, 0.05) is 12.1 Å². The van der Waals surface area contributed by atoms with Crippen LogP contribution in [0.2, 0.25) is 0 Å². The molecular weight excluding hydrogens is 264 g/mol. The van der Waals surface area contributed by atoms with Crippen molar-refractivity contribution in [2.45, 2.75) is 37.8 Å². The quantitative estimate of drug-likeness (QED) is 0.616. The highest BCUT2D eigenvalue weighted by atomic mass is 16.6. The van der Waals surface area contributed by atoms with Gasteiger partial charge in [0.25, 0.3) is 11.6 Å². The summed E-state index contributed by atoms with van der Waals surface area (Å²) in [5.41, 5.74) is 10.8. The third-order valence-corrected chi connectivity index (χ3v) is 3.33. The van der Waals surface area contributed by atoms with Gasteiger partial charge in [-0.1, -0.05) is 6.42 Å². The third-order valence-electron chi connectivity index (χ3n) is 3.33. The van der Waals surface area contributed by atoms with E-state index in [-0.39, 0.29) is 29.3 Å². The van der Waals surface area contributed by atoms with Gasteiger partial charge in [0.1, 0.15) is 17.9 Å². The molecule has 20 heavy (non-hydrogen) atoms. The summed E-state index contributed by atoms with van der Waals surface area (Å²) in [6.45, 7) is 0. The number of hydrogen-bond donors (Lipinski definition) is 2. The minimum atomic E-state index is -0.819. The van der Waals surface area contributed by atoms with E-state index in [0.717, 1.165) is 37.9 Å². The normalized spacial score (nSPS) is 22.2. The van der Waals surface area contributed by atoms with Crippen LogP contribution >= 0.6 is 0 Å². The fraction of sp³-hybridized carbons (Fsp3) is 0.500. The molecule has 1 aliphatic carbocycles. The first-order valence-electron chi connectivity index (χ1n) is 6.35. The first kappa shape index (κ1) is 14.2. The number of nitrogens with zero attached hydrogens (tertiary/aromatic N) is 2. The van der Waals surface area contributed by atoms with Crippen molar-refractivity contribution in [1.29, 1.82) is 0 Å². The first-order valence-corrected chi connectivity index (χ1v) is 6.35. The lowest BCUT2D eigenvalue weighted by atomic mass is 9.93. The number of hydrogen-bond acceptors (Lipinski definition) is 6. The number of ether oxygens (including phenoxy) is 1. The van der Waals surface area contributed by atoms with Crippen LogP contribution in [0.25, 0.3) is 0 Å². The molecular formula is C12H16N4O4. The van der Waals surface area contributed by atoms with E-state index >= 15 is 0 Å². The van der Waals surface area contributed by atoms with Crippen LogP contribution in [0.5, 0.6) is 5.88 Å². The minimum absolute atomic E-state index is 0.00505. The lowest BCUT2D eigenvalue weighted by Crippen LogP contribution is -2.41. The molecule has 8 heteroatoms. The smallest absolute Gasteiger partial charge is 0.288 e. The Bertz CT molecular complexity index is 534. The molecule has 0 radical (unpaired) electrons. The van der Waals surface area contributed by atoms with Gasteiger partial charge in [-0.2, -0.15) is 0 Å². The molecule has 2 atom stereocenters. The number of rotatable bonds is 4. The molecule has 1 amide bonds. The largest absolute Gasteiger partial charge is 0.472 e. The van der Waals surface area contributed by atoms with E-state index in [1.54, 1.807) is 0 Å². The van der Waals surface area contributed by atoms with Crippen LogP contribution in [0.4, 0.5) is 5.69 Å². The molecule has 0 aromatic carbocycles. The summed E-state index contributed by atoms with van der Waals surface area (Å²) in [5.74, 6) is -0.814. The maximum absolute atomic E-state index is 11.4. The highest BCUT2D eigenvalue weighted by Crippen LogP contribution is 2.26. The van der Waals surface area contributed by atoms with Crippen molar-refractivity contribution in [2.24, 2.45) is 11.5 Å². The van der Waals surface area contributed by atoms with Crippen LogP contribution < -0.4 is 16.2 Å². The van der Waals surface area contributed by atoms with E-state index in [2.05, 4.69) is 4.98 Å². The first-order chi connectivity index (χ1) is 9.49. The van der Waals surface area contributed by atoms with Gasteiger partial charge in [-0.25, -0.2) is 4.98 Å². The molecule has 8 nitrogen and oxygen atoms in total. The van der Waals surface area contributed by atoms with Crippen LogP contribution in [0.1, 0.15) is 36.0 Å². The predicted molar refractivity (Wildman–Crippen MR) is 70.3 cm³/mol. The summed E-state index contributed by atoms with van der Waals surface area (Å²) in [7, 11) is 0. The zero-order chi connectivity index (χ0) is 14.7. The average molecular weight is 280 g/mol. The van der Waals surface area contributed by atoms with Gasteiger partial charge < -0.3 is 16.2 Å². The molecule has 0 spiro atoms. The number of aromatic nitrogens is 1. The average Bonchev–Trinajstić information content (AvgIpc) is 2.41. The zero-order valence-electron chi connectivity index (χ0n) is 10.8. The molecule has 2 unspecified atom stereocenters. The van der Waals surface area contributed by atoms with Crippen LogP contribution in [-0.4, -0.2) is 28.0 Å². The summed E-state index contributed by atoms with van der Waals surface area (Å²) in [6, 6.07) is 0.931. The Hall–Kier alpha value is -2.22. The van der Waals surface area contributed by atoms with Crippen LogP contribution in [-0.2, 0) is 0 Å². The number of nitrogens with two attached hydrogens (primary N) is 2. The number of primary amides is 1. The lowest BCUT2D eigenvalue weighted by Gasteiger charge is -2.28. The zero-order valence-corrected chi connectivity index (χ0v) is 10.8. The maximum atomic E-state index is 11.4. The molecule has 1 aromatic heterocycles. The van der Waals surface area contributed by atoms with Gasteiger partial charge in [0.15, 0.2) is 0 Å². The number of pyridine rings is 1. The molecule has 1 aromatic rings. The SMILES string of the molecule is NC(=O)c1cc([N+](=O)[O-])cnc1OC1CCCCC1N. The van der Waals surface area contributed by atoms with Gasteiger partial charge in [-0.15, -0.1) is 0 Å². The topological polar surface area (TPSA) is 134 Å². The summed E-state index contributed by atoms with van der Waals surface area (Å²) in [5, 5.41) is 10.7. The Morgan fingerprint density at radius 3 is 2.75 bits per heavy atom. The standard InChI is InChI=1S/C12H16N4O4/c13-9-3-1-2-4-10(9)20-12-8(11(14)17)5-7(6-15-12)16(18)19/h5-6,9-10H,1-4,13H2,(H2,14,17). The maximum Gasteiger partial charge on any atom is 0.288 e. The van der Waals surface area contributed by atoms with E-state index in [1.165, 1.54) is 0 Å². The number of nitro groups is 1. The van der Waals surface area contributed by atoms with Crippen LogP contribution in [0.15, 0.2) is 12.3 Å². The van der Waals surface area contributed by atoms with E-state index in [4.69, 9.17) is 16.2 Å². The van der Waals surface area contributed by atoms with Crippen molar-refractivity contribution in [1.82, 2.24) is 4.98 Å². The lowest BCUT2D eigenvalue weighted by molar-refractivity contribution is -0.385. The summed E-state index contributed by atoms with van der Waals surface area (Å²) < 4.78 is 5.64. The van der Waals surface area contributed by atoms with Gasteiger partial charge in [0.05, 0.1) is 4.92 Å². The molecule has 4 N–H and O–H groups in total. The molecule has 1 fully saturated rings. The molecule has 0 bridgehead atoms. The molecule has 0 saturated heterocycles. The highest BCUT2D eigenvalue weighted by Gasteiger charge is 2.26.